The number of halogens is 3. The second kappa shape index (κ2) is 14.5. The van der Waals surface area contributed by atoms with Crippen LogP contribution < -0.4 is 20.5 Å². The molecule has 3 aromatic rings. The molecular formula is C28H29F3N4O7S. The predicted octanol–water partition coefficient (Wildman–Crippen LogP) is 2.73. The monoisotopic (exact) mass is 622 g/mol. The van der Waals surface area contributed by atoms with Crippen molar-refractivity contribution in [2.75, 3.05) is 26.3 Å². The van der Waals surface area contributed by atoms with Gasteiger partial charge in [0.1, 0.15) is 22.2 Å². The van der Waals surface area contributed by atoms with Crippen LogP contribution in [-0.2, 0) is 30.8 Å². The summed E-state index contributed by atoms with van der Waals surface area (Å²) in [4.78, 5) is 23.3. The molecule has 0 aromatic heterocycles. The van der Waals surface area contributed by atoms with Gasteiger partial charge in [0, 0.05) is 18.7 Å². The van der Waals surface area contributed by atoms with E-state index >= 15 is 0 Å². The van der Waals surface area contributed by atoms with Gasteiger partial charge >= 0.3 is 5.97 Å². The third kappa shape index (κ3) is 8.93. The number of hydrogen-bond donors (Lipinski definition) is 5. The molecule has 6 N–H and O–H groups in total. The quantitative estimate of drug-likeness (QED) is 0.0788. The number of benzene rings is 3. The van der Waals surface area contributed by atoms with E-state index in [0.717, 1.165) is 24.3 Å². The van der Waals surface area contributed by atoms with Crippen molar-refractivity contribution in [3.05, 3.63) is 77.1 Å². The fraction of sp³-hybridized carbons (Fsp3) is 0.250. The highest BCUT2D eigenvalue weighted by Crippen LogP contribution is 2.30. The summed E-state index contributed by atoms with van der Waals surface area (Å²) >= 11 is 0. The number of carbonyl (C=O) groups excluding carboxylic acids is 2. The van der Waals surface area contributed by atoms with Gasteiger partial charge in [0.25, 0.3) is 5.91 Å². The third-order valence-electron chi connectivity index (χ3n) is 5.95. The van der Waals surface area contributed by atoms with Crippen LogP contribution in [0.3, 0.4) is 0 Å². The molecule has 1 amide bonds. The summed E-state index contributed by atoms with van der Waals surface area (Å²) in [6.45, 7) is 1.09. The molecular weight excluding hydrogens is 593 g/mol. The van der Waals surface area contributed by atoms with Crippen LogP contribution in [0.2, 0.25) is 0 Å². The number of sulfonamides is 1. The zero-order valence-corrected chi connectivity index (χ0v) is 23.7. The van der Waals surface area contributed by atoms with Gasteiger partial charge in [-0.3, -0.25) is 15.0 Å². The number of nitrogens with two attached hydrogens (primary N) is 1. The second-order valence-electron chi connectivity index (χ2n) is 9.01. The molecule has 15 heteroatoms. The highest BCUT2D eigenvalue weighted by Gasteiger charge is 2.20. The van der Waals surface area contributed by atoms with Crippen LogP contribution in [0, 0.1) is 22.9 Å². The van der Waals surface area contributed by atoms with E-state index in [1.165, 1.54) is 24.3 Å². The van der Waals surface area contributed by atoms with Gasteiger partial charge in [-0.2, -0.15) is 0 Å². The number of amidine groups is 1. The molecule has 43 heavy (non-hydrogen) atoms. The van der Waals surface area contributed by atoms with Crippen LogP contribution in [0.15, 0.2) is 53.4 Å². The van der Waals surface area contributed by atoms with Gasteiger partial charge < -0.3 is 25.6 Å². The average Bonchev–Trinajstić information content (AvgIpc) is 2.95. The van der Waals surface area contributed by atoms with Gasteiger partial charge in [-0.25, -0.2) is 26.3 Å². The number of rotatable bonds is 14. The zero-order chi connectivity index (χ0) is 31.7. The molecule has 0 unspecified atom stereocenters. The molecule has 0 aliphatic carbocycles. The Bertz CT molecular complexity index is 1610. The maximum Gasteiger partial charge on any atom is 0.307 e. The molecule has 3 aromatic carbocycles. The largest absolute Gasteiger partial charge is 0.507 e. The van der Waals surface area contributed by atoms with Gasteiger partial charge in [0.05, 0.1) is 13.0 Å². The Morgan fingerprint density at radius 3 is 2.35 bits per heavy atom. The first-order valence-electron chi connectivity index (χ1n) is 12.8. The highest BCUT2D eigenvalue weighted by molar-refractivity contribution is 7.89. The van der Waals surface area contributed by atoms with E-state index in [9.17, 15) is 36.3 Å². The van der Waals surface area contributed by atoms with Crippen LogP contribution in [0.25, 0.3) is 11.1 Å². The molecule has 0 bridgehead atoms. The van der Waals surface area contributed by atoms with Gasteiger partial charge in [-0.1, -0.05) is 12.1 Å². The van der Waals surface area contributed by atoms with E-state index in [4.69, 9.17) is 20.6 Å². The van der Waals surface area contributed by atoms with Crippen molar-refractivity contribution in [1.82, 2.24) is 10.0 Å². The van der Waals surface area contributed by atoms with E-state index in [1.807, 2.05) is 0 Å². The molecule has 0 aliphatic rings. The molecule has 0 aliphatic heterocycles. The lowest BCUT2D eigenvalue weighted by Gasteiger charge is -2.15. The van der Waals surface area contributed by atoms with Crippen LogP contribution in [-0.4, -0.2) is 57.5 Å². The minimum Gasteiger partial charge on any atom is -0.507 e. The van der Waals surface area contributed by atoms with Crippen molar-refractivity contribution < 1.29 is 45.8 Å². The molecule has 0 saturated carbocycles. The maximum absolute atomic E-state index is 13.9. The van der Waals surface area contributed by atoms with Crippen molar-refractivity contribution >= 4 is 27.7 Å². The summed E-state index contributed by atoms with van der Waals surface area (Å²) in [5, 5.41) is 20.0. The van der Waals surface area contributed by atoms with Crippen molar-refractivity contribution in [2.24, 2.45) is 5.73 Å². The predicted molar refractivity (Wildman–Crippen MR) is 150 cm³/mol. The topological polar surface area (TPSA) is 181 Å². The van der Waals surface area contributed by atoms with Crippen molar-refractivity contribution in [3.8, 4) is 22.6 Å². The Morgan fingerprint density at radius 1 is 1.00 bits per heavy atom. The molecule has 0 spiro atoms. The SMILES string of the molecule is CCOC(=O)CCNC(=O)COc1cc(-c2cc(F)c(F)c(F)c2)ccc1CCNS(=O)(=O)c1cc(C(=N)N)ccc1O. The zero-order valence-electron chi connectivity index (χ0n) is 22.9. The molecule has 0 heterocycles. The van der Waals surface area contributed by atoms with Gasteiger partial charge in [-0.15, -0.1) is 0 Å². The summed E-state index contributed by atoms with van der Waals surface area (Å²) < 4.78 is 79.6. The molecule has 0 atom stereocenters. The van der Waals surface area contributed by atoms with Gasteiger partial charge in [0.2, 0.25) is 10.0 Å². The van der Waals surface area contributed by atoms with Crippen molar-refractivity contribution in [1.29, 1.82) is 5.41 Å². The van der Waals surface area contributed by atoms with Crippen LogP contribution in [0.5, 0.6) is 11.5 Å². The highest BCUT2D eigenvalue weighted by atomic mass is 32.2. The fourth-order valence-corrected chi connectivity index (χ4v) is 4.98. The normalized spacial score (nSPS) is 11.2. The molecule has 11 nitrogen and oxygen atoms in total. The lowest BCUT2D eigenvalue weighted by Crippen LogP contribution is -2.31. The smallest absolute Gasteiger partial charge is 0.307 e. The fourth-order valence-electron chi connectivity index (χ4n) is 3.82. The Balaban J connectivity index is 1.79. The van der Waals surface area contributed by atoms with Crippen molar-refractivity contribution in [2.45, 2.75) is 24.7 Å². The van der Waals surface area contributed by atoms with Crippen molar-refractivity contribution in [3.63, 3.8) is 0 Å². The van der Waals surface area contributed by atoms with Crippen LogP contribution in [0.4, 0.5) is 13.2 Å². The number of amides is 1. The number of hydrogen-bond acceptors (Lipinski definition) is 8. The van der Waals surface area contributed by atoms with E-state index in [-0.39, 0.29) is 55.0 Å². The number of nitrogen functional groups attached to an aromatic ring is 1. The van der Waals surface area contributed by atoms with E-state index in [0.29, 0.717) is 5.56 Å². The number of ether oxygens (including phenoxy) is 2. The maximum atomic E-state index is 13.9. The van der Waals surface area contributed by atoms with Crippen LogP contribution >= 0.6 is 0 Å². The lowest BCUT2D eigenvalue weighted by molar-refractivity contribution is -0.143. The first kappa shape index (κ1) is 32.9. The Hall–Kier alpha value is -4.63. The number of nitrogens with one attached hydrogen (secondary N) is 3. The second-order valence-corrected chi connectivity index (χ2v) is 10.7. The first-order valence-corrected chi connectivity index (χ1v) is 14.3. The molecule has 230 valence electrons. The number of phenols is 1. The number of aromatic hydroxyl groups is 1. The third-order valence-corrected chi connectivity index (χ3v) is 7.44. The van der Waals surface area contributed by atoms with Gasteiger partial charge in [0.15, 0.2) is 24.1 Å². The Labute approximate surface area is 245 Å². The number of esters is 1. The van der Waals surface area contributed by atoms with Crippen LogP contribution in [0.1, 0.15) is 24.5 Å². The summed E-state index contributed by atoms with van der Waals surface area (Å²) in [5.41, 5.74) is 6.07. The van der Waals surface area contributed by atoms with E-state index in [2.05, 4.69) is 10.0 Å². The average molecular weight is 623 g/mol. The van der Waals surface area contributed by atoms with E-state index < -0.39 is 62.4 Å². The summed E-state index contributed by atoms with van der Waals surface area (Å²) in [5.74, 6) is -6.44. The minimum absolute atomic E-state index is 0.00137. The minimum atomic E-state index is -4.26. The molecule has 0 radical (unpaired) electrons. The summed E-state index contributed by atoms with van der Waals surface area (Å²) in [6, 6.07) is 9.27. The number of carbonyl (C=O) groups is 2. The molecule has 0 saturated heterocycles. The summed E-state index contributed by atoms with van der Waals surface area (Å²) in [6.07, 6.45) is -0.0638. The Kier molecular flexibility index (Phi) is 11.1. The summed E-state index contributed by atoms with van der Waals surface area (Å²) in [7, 11) is -4.26. The van der Waals surface area contributed by atoms with E-state index in [1.54, 1.807) is 6.92 Å². The molecule has 3 rings (SSSR count). The Morgan fingerprint density at radius 2 is 1.70 bits per heavy atom. The molecule has 0 fully saturated rings. The van der Waals surface area contributed by atoms with Gasteiger partial charge in [-0.05, 0) is 66.4 Å². The number of phenolic OH excluding ortho intramolecular Hbond substituents is 1. The first-order chi connectivity index (χ1) is 20.3. The standard InChI is InChI=1S/C28H29F3N4O7S/c1-2-41-26(38)8-9-34-25(37)15-42-23-13-17(19-11-20(29)27(31)21(30)12-19)4-3-16(23)7-10-35-43(39,40)24-14-18(28(32)33)5-6-22(24)36/h3-6,11-14,35-36H,2,7-10,15H2,1H3,(H3,32,33)(H,34,37). The lowest BCUT2D eigenvalue weighted by atomic mass is 10.0.